The van der Waals surface area contributed by atoms with Gasteiger partial charge in [-0.15, -0.1) is 0 Å². The lowest BCUT2D eigenvalue weighted by molar-refractivity contribution is -0.122. The van der Waals surface area contributed by atoms with E-state index in [-0.39, 0.29) is 11.9 Å². The van der Waals surface area contributed by atoms with Gasteiger partial charge in [0.1, 0.15) is 6.04 Å². The topological polar surface area (TPSA) is 66.5 Å². The van der Waals surface area contributed by atoms with E-state index in [0.717, 1.165) is 28.5 Å². The molecule has 0 aliphatic heterocycles. The molecule has 0 bridgehead atoms. The summed E-state index contributed by atoms with van der Waals surface area (Å²) in [5.74, 6) is -0.303. The molecule has 0 saturated heterocycles. The van der Waals surface area contributed by atoms with Gasteiger partial charge in [0.05, 0.1) is 18.0 Å². The summed E-state index contributed by atoms with van der Waals surface area (Å²) in [6.07, 6.45) is 1.51. The first-order chi connectivity index (χ1) is 13.0. The van der Waals surface area contributed by atoms with Crippen LogP contribution in [0, 0.1) is 20.8 Å². The second-order valence-electron chi connectivity index (χ2n) is 7.41. The first-order valence-electron chi connectivity index (χ1n) is 9.48. The lowest BCUT2D eigenvalue weighted by Crippen LogP contribution is -2.49. The van der Waals surface area contributed by atoms with Crippen LogP contribution < -0.4 is 9.62 Å². The number of carbonyl (C=O) groups is 1. The SMILES string of the molecule is CC[C@@H](C(=O)N[C@H](C)c1cc(C)ccc1C)N(c1cccc(C)c1)S(C)(=O)=O. The number of aryl methyl sites for hydroxylation is 3. The molecule has 0 aliphatic carbocycles. The van der Waals surface area contributed by atoms with Crippen molar-refractivity contribution in [2.24, 2.45) is 0 Å². The predicted octanol–water partition coefficient (Wildman–Crippen LogP) is 4.03. The van der Waals surface area contributed by atoms with Crippen LogP contribution in [0.4, 0.5) is 5.69 Å². The van der Waals surface area contributed by atoms with E-state index in [0.29, 0.717) is 12.1 Å². The van der Waals surface area contributed by atoms with Crippen LogP contribution in [0.2, 0.25) is 0 Å². The van der Waals surface area contributed by atoms with E-state index in [1.54, 1.807) is 18.2 Å². The van der Waals surface area contributed by atoms with E-state index in [9.17, 15) is 13.2 Å². The van der Waals surface area contributed by atoms with E-state index >= 15 is 0 Å². The quantitative estimate of drug-likeness (QED) is 0.760. The van der Waals surface area contributed by atoms with Crippen molar-refractivity contribution in [2.75, 3.05) is 10.6 Å². The Labute approximate surface area is 168 Å². The van der Waals surface area contributed by atoms with Gasteiger partial charge in [-0.25, -0.2) is 8.42 Å². The molecule has 1 N–H and O–H groups in total. The minimum Gasteiger partial charge on any atom is -0.348 e. The molecule has 2 aromatic rings. The molecule has 2 aromatic carbocycles. The molecular weight excluding hydrogens is 372 g/mol. The van der Waals surface area contributed by atoms with Gasteiger partial charge in [0.15, 0.2) is 0 Å². The van der Waals surface area contributed by atoms with Gasteiger partial charge in [-0.05, 0) is 62.9 Å². The number of sulfonamides is 1. The minimum atomic E-state index is -3.63. The predicted molar refractivity (Wildman–Crippen MR) is 115 cm³/mol. The number of hydrogen-bond donors (Lipinski definition) is 1. The molecule has 0 saturated carbocycles. The third-order valence-electron chi connectivity index (χ3n) is 4.85. The first kappa shape index (κ1) is 22.0. The zero-order chi connectivity index (χ0) is 21.1. The molecule has 2 rings (SSSR count). The van der Waals surface area contributed by atoms with Gasteiger partial charge in [0.2, 0.25) is 15.9 Å². The summed E-state index contributed by atoms with van der Waals surface area (Å²) < 4.78 is 26.3. The number of benzene rings is 2. The number of nitrogens with one attached hydrogen (secondary N) is 1. The van der Waals surface area contributed by atoms with Crippen LogP contribution in [0.5, 0.6) is 0 Å². The van der Waals surface area contributed by atoms with E-state index < -0.39 is 16.1 Å². The summed E-state index contributed by atoms with van der Waals surface area (Å²) in [5.41, 5.74) is 4.68. The highest BCUT2D eigenvalue weighted by Gasteiger charge is 2.32. The number of rotatable bonds is 7. The summed E-state index contributed by atoms with van der Waals surface area (Å²) in [6.45, 7) is 9.65. The zero-order valence-electron chi connectivity index (χ0n) is 17.5. The molecule has 152 valence electrons. The van der Waals surface area contributed by atoms with Gasteiger partial charge in [0.25, 0.3) is 0 Å². The molecule has 0 spiro atoms. The molecule has 6 heteroatoms. The maximum Gasteiger partial charge on any atom is 0.244 e. The molecule has 2 atom stereocenters. The van der Waals surface area contributed by atoms with Crippen LogP contribution >= 0.6 is 0 Å². The Morgan fingerprint density at radius 2 is 1.71 bits per heavy atom. The van der Waals surface area contributed by atoms with Crippen LogP contribution in [0.15, 0.2) is 42.5 Å². The number of nitrogens with zero attached hydrogens (tertiary/aromatic N) is 1. The van der Waals surface area contributed by atoms with Gasteiger partial charge in [-0.2, -0.15) is 0 Å². The summed E-state index contributed by atoms with van der Waals surface area (Å²) in [4.78, 5) is 13.1. The smallest absolute Gasteiger partial charge is 0.244 e. The van der Waals surface area contributed by atoms with Crippen molar-refractivity contribution in [3.8, 4) is 0 Å². The maximum atomic E-state index is 13.1. The average Bonchev–Trinajstić information content (AvgIpc) is 2.60. The van der Waals surface area contributed by atoms with Crippen LogP contribution in [0.3, 0.4) is 0 Å². The normalized spacial score (nSPS) is 13.6. The van der Waals surface area contributed by atoms with Gasteiger partial charge in [-0.3, -0.25) is 9.10 Å². The molecular formula is C22H30N2O3S. The second-order valence-corrected chi connectivity index (χ2v) is 9.27. The number of carbonyl (C=O) groups excluding carboxylic acids is 1. The molecule has 5 nitrogen and oxygen atoms in total. The second kappa shape index (κ2) is 8.78. The highest BCUT2D eigenvalue weighted by atomic mass is 32.2. The van der Waals surface area contributed by atoms with Gasteiger partial charge < -0.3 is 5.32 Å². The number of amides is 1. The number of anilines is 1. The van der Waals surface area contributed by atoms with Crippen LogP contribution in [0.1, 0.15) is 48.6 Å². The summed E-state index contributed by atoms with van der Waals surface area (Å²) in [7, 11) is -3.63. The van der Waals surface area contributed by atoms with Gasteiger partial charge in [-0.1, -0.05) is 42.8 Å². The van der Waals surface area contributed by atoms with Crippen molar-refractivity contribution in [1.82, 2.24) is 5.32 Å². The fraction of sp³-hybridized carbons (Fsp3) is 0.409. The van der Waals surface area contributed by atoms with Gasteiger partial charge in [0, 0.05) is 0 Å². The molecule has 0 aliphatic rings. The van der Waals surface area contributed by atoms with Crippen molar-refractivity contribution in [3.63, 3.8) is 0 Å². The molecule has 0 radical (unpaired) electrons. The molecule has 0 fully saturated rings. The standard InChI is InChI=1S/C22H30N2O3S/c1-7-21(24(28(6,26)27)19-10-8-9-15(2)13-19)22(25)23-18(5)20-14-16(3)11-12-17(20)4/h8-14,18,21H,7H2,1-6H3,(H,23,25)/t18-,21+/m1/s1. The molecule has 1 amide bonds. The van der Waals surface area contributed by atoms with E-state index in [1.165, 1.54) is 4.31 Å². The fourth-order valence-corrected chi connectivity index (χ4v) is 4.64. The summed E-state index contributed by atoms with van der Waals surface area (Å²) in [6, 6.07) is 12.3. The monoisotopic (exact) mass is 402 g/mol. The van der Waals surface area contributed by atoms with Crippen LogP contribution in [-0.4, -0.2) is 26.6 Å². The maximum absolute atomic E-state index is 13.1. The first-order valence-corrected chi connectivity index (χ1v) is 11.3. The van der Waals surface area contributed by atoms with Crippen molar-refractivity contribution in [2.45, 2.75) is 53.1 Å². The van der Waals surface area contributed by atoms with E-state index in [2.05, 4.69) is 11.4 Å². The average molecular weight is 403 g/mol. The molecule has 0 unspecified atom stereocenters. The van der Waals surface area contributed by atoms with E-state index in [4.69, 9.17) is 0 Å². The van der Waals surface area contributed by atoms with Gasteiger partial charge >= 0.3 is 0 Å². The Morgan fingerprint density at radius 1 is 1.07 bits per heavy atom. The Morgan fingerprint density at radius 3 is 2.29 bits per heavy atom. The molecule has 28 heavy (non-hydrogen) atoms. The Balaban J connectivity index is 2.35. The highest BCUT2D eigenvalue weighted by Crippen LogP contribution is 2.25. The molecule has 0 heterocycles. The lowest BCUT2D eigenvalue weighted by atomic mass is 9.99. The third kappa shape index (κ3) is 5.13. The third-order valence-corrected chi connectivity index (χ3v) is 6.03. The van der Waals surface area contributed by atoms with Crippen molar-refractivity contribution >= 4 is 21.6 Å². The van der Waals surface area contributed by atoms with Crippen molar-refractivity contribution in [1.29, 1.82) is 0 Å². The minimum absolute atomic E-state index is 0.222. The highest BCUT2D eigenvalue weighted by molar-refractivity contribution is 7.92. The largest absolute Gasteiger partial charge is 0.348 e. The summed E-state index contributed by atoms with van der Waals surface area (Å²) >= 11 is 0. The Kier molecular flexibility index (Phi) is 6.88. The summed E-state index contributed by atoms with van der Waals surface area (Å²) in [5, 5.41) is 3.01. The Bertz CT molecular complexity index is 954. The van der Waals surface area contributed by atoms with Crippen LogP contribution in [-0.2, 0) is 14.8 Å². The number of hydrogen-bond acceptors (Lipinski definition) is 3. The zero-order valence-corrected chi connectivity index (χ0v) is 18.3. The lowest BCUT2D eigenvalue weighted by Gasteiger charge is -2.31. The van der Waals surface area contributed by atoms with E-state index in [1.807, 2.05) is 52.8 Å². The van der Waals surface area contributed by atoms with Crippen molar-refractivity contribution in [3.05, 3.63) is 64.7 Å². The molecule has 0 aromatic heterocycles. The van der Waals surface area contributed by atoms with Crippen LogP contribution in [0.25, 0.3) is 0 Å². The fourth-order valence-electron chi connectivity index (χ4n) is 3.44. The van der Waals surface area contributed by atoms with Crippen molar-refractivity contribution < 1.29 is 13.2 Å². The Hall–Kier alpha value is -2.34.